The average molecular weight is 311 g/mol. The zero-order chi connectivity index (χ0) is 16.1. The molecule has 0 unspecified atom stereocenters. The standard InChI is InChI=1S/C16H29N3O3/c1-3-15(21)12-17-7-9-18(10-8-17)16(22)14-5-4-6-19(11-14)13(2)20/h14-15,21H,3-12H2,1-2H3/t14-,15+/m0/s1. The van der Waals surface area contributed by atoms with E-state index < -0.39 is 0 Å². The molecule has 0 aromatic heterocycles. The topological polar surface area (TPSA) is 64.1 Å². The molecule has 2 aliphatic heterocycles. The van der Waals surface area contributed by atoms with Crippen LogP contribution in [0.15, 0.2) is 0 Å². The van der Waals surface area contributed by atoms with Crippen LogP contribution >= 0.6 is 0 Å². The van der Waals surface area contributed by atoms with Crippen LogP contribution in [0.3, 0.4) is 0 Å². The molecular weight excluding hydrogens is 282 g/mol. The summed E-state index contributed by atoms with van der Waals surface area (Å²) in [6.07, 6.45) is 2.29. The van der Waals surface area contributed by atoms with Gasteiger partial charge in [0.2, 0.25) is 11.8 Å². The molecule has 2 heterocycles. The summed E-state index contributed by atoms with van der Waals surface area (Å²) in [6.45, 7) is 8.71. The second kappa shape index (κ2) is 7.92. The summed E-state index contributed by atoms with van der Waals surface area (Å²) in [7, 11) is 0. The van der Waals surface area contributed by atoms with Crippen LogP contribution in [0.2, 0.25) is 0 Å². The number of hydrogen-bond donors (Lipinski definition) is 1. The molecule has 22 heavy (non-hydrogen) atoms. The van der Waals surface area contributed by atoms with Gasteiger partial charge in [-0.1, -0.05) is 6.92 Å². The molecule has 0 bridgehead atoms. The smallest absolute Gasteiger partial charge is 0.227 e. The Kier molecular flexibility index (Phi) is 6.20. The first kappa shape index (κ1) is 17.2. The van der Waals surface area contributed by atoms with Gasteiger partial charge in [0.1, 0.15) is 0 Å². The lowest BCUT2D eigenvalue weighted by atomic mass is 9.96. The second-order valence-corrected chi connectivity index (χ2v) is 6.49. The van der Waals surface area contributed by atoms with Crippen LogP contribution in [-0.2, 0) is 9.59 Å². The summed E-state index contributed by atoms with van der Waals surface area (Å²) in [5.41, 5.74) is 0. The van der Waals surface area contributed by atoms with E-state index in [9.17, 15) is 14.7 Å². The monoisotopic (exact) mass is 311 g/mol. The maximum atomic E-state index is 12.6. The van der Waals surface area contributed by atoms with Crippen molar-refractivity contribution in [2.45, 2.75) is 39.2 Å². The SMILES string of the molecule is CC[C@@H](O)CN1CCN(C(=O)[C@H]2CCCN(C(C)=O)C2)CC1. The highest BCUT2D eigenvalue weighted by Gasteiger charge is 2.31. The molecule has 0 radical (unpaired) electrons. The minimum atomic E-state index is -0.273. The molecule has 1 N–H and O–H groups in total. The lowest BCUT2D eigenvalue weighted by molar-refractivity contribution is -0.141. The molecule has 126 valence electrons. The zero-order valence-corrected chi connectivity index (χ0v) is 13.8. The number of aliphatic hydroxyl groups excluding tert-OH is 1. The van der Waals surface area contributed by atoms with Crippen molar-refractivity contribution in [2.24, 2.45) is 5.92 Å². The number of aliphatic hydroxyl groups is 1. The quantitative estimate of drug-likeness (QED) is 0.803. The largest absolute Gasteiger partial charge is 0.392 e. The van der Waals surface area contributed by atoms with Gasteiger partial charge in [-0.2, -0.15) is 0 Å². The van der Waals surface area contributed by atoms with Crippen LogP contribution in [0, 0.1) is 5.92 Å². The fourth-order valence-corrected chi connectivity index (χ4v) is 3.30. The van der Waals surface area contributed by atoms with E-state index in [0.717, 1.165) is 52.0 Å². The van der Waals surface area contributed by atoms with Crippen molar-refractivity contribution < 1.29 is 14.7 Å². The highest BCUT2D eigenvalue weighted by Crippen LogP contribution is 2.20. The van der Waals surface area contributed by atoms with E-state index in [0.29, 0.717) is 13.1 Å². The summed E-state index contributed by atoms with van der Waals surface area (Å²) in [5.74, 6) is 0.225. The minimum Gasteiger partial charge on any atom is -0.392 e. The number of piperidine rings is 1. The van der Waals surface area contributed by atoms with Crippen molar-refractivity contribution in [3.05, 3.63) is 0 Å². The maximum absolute atomic E-state index is 12.6. The second-order valence-electron chi connectivity index (χ2n) is 6.49. The van der Waals surface area contributed by atoms with E-state index in [4.69, 9.17) is 0 Å². The van der Waals surface area contributed by atoms with E-state index >= 15 is 0 Å². The van der Waals surface area contributed by atoms with Crippen LogP contribution in [0.5, 0.6) is 0 Å². The van der Waals surface area contributed by atoms with Gasteiger partial charge in [-0.05, 0) is 19.3 Å². The number of hydrogen-bond acceptors (Lipinski definition) is 4. The first-order chi connectivity index (χ1) is 10.5. The zero-order valence-electron chi connectivity index (χ0n) is 13.8. The molecule has 2 aliphatic rings. The Morgan fingerprint density at radius 2 is 1.82 bits per heavy atom. The van der Waals surface area contributed by atoms with E-state index in [-0.39, 0.29) is 23.8 Å². The normalized spacial score (nSPS) is 25.1. The molecule has 0 aliphatic carbocycles. The van der Waals surface area contributed by atoms with Gasteiger partial charge in [-0.3, -0.25) is 14.5 Å². The number of β-amino-alcohol motifs (C(OH)–C–C–N with tert-alkyl or cyclic N) is 1. The lowest BCUT2D eigenvalue weighted by Gasteiger charge is -2.39. The van der Waals surface area contributed by atoms with Crippen molar-refractivity contribution >= 4 is 11.8 Å². The van der Waals surface area contributed by atoms with Crippen molar-refractivity contribution in [1.29, 1.82) is 0 Å². The minimum absolute atomic E-state index is 0.0366. The first-order valence-electron chi connectivity index (χ1n) is 8.46. The van der Waals surface area contributed by atoms with Gasteiger partial charge in [0.05, 0.1) is 12.0 Å². The summed E-state index contributed by atoms with van der Waals surface area (Å²) in [6, 6.07) is 0. The van der Waals surface area contributed by atoms with Gasteiger partial charge >= 0.3 is 0 Å². The predicted octanol–water partition coefficient (Wildman–Crippen LogP) is 0.160. The molecule has 2 rings (SSSR count). The summed E-state index contributed by atoms with van der Waals surface area (Å²) >= 11 is 0. The number of amides is 2. The van der Waals surface area contributed by atoms with Crippen LogP contribution in [-0.4, -0.2) is 83.5 Å². The molecule has 6 heteroatoms. The number of carbonyl (C=O) groups is 2. The molecule has 2 atom stereocenters. The Hall–Kier alpha value is -1.14. The Balaban J connectivity index is 1.80. The van der Waals surface area contributed by atoms with Gasteiger partial charge in [0, 0.05) is 52.7 Å². The van der Waals surface area contributed by atoms with E-state index in [1.807, 2.05) is 11.8 Å². The van der Waals surface area contributed by atoms with E-state index in [1.54, 1.807) is 11.8 Å². The highest BCUT2D eigenvalue weighted by molar-refractivity contribution is 5.81. The average Bonchev–Trinajstić information content (AvgIpc) is 2.55. The Morgan fingerprint density at radius 3 is 2.41 bits per heavy atom. The molecule has 0 saturated carbocycles. The number of piperazine rings is 1. The summed E-state index contributed by atoms with van der Waals surface area (Å²) in [5, 5.41) is 9.71. The van der Waals surface area contributed by atoms with Crippen molar-refractivity contribution in [3.63, 3.8) is 0 Å². The van der Waals surface area contributed by atoms with E-state index in [1.165, 1.54) is 0 Å². The fourth-order valence-electron chi connectivity index (χ4n) is 3.30. The first-order valence-corrected chi connectivity index (χ1v) is 8.46. The van der Waals surface area contributed by atoms with E-state index in [2.05, 4.69) is 4.90 Å². The number of carbonyl (C=O) groups excluding carboxylic acids is 2. The maximum Gasteiger partial charge on any atom is 0.227 e. The molecule has 0 spiro atoms. The van der Waals surface area contributed by atoms with Crippen molar-refractivity contribution in [3.8, 4) is 0 Å². The summed E-state index contributed by atoms with van der Waals surface area (Å²) in [4.78, 5) is 30.1. The Labute approximate surface area is 133 Å². The molecular formula is C16H29N3O3. The molecule has 0 aromatic rings. The van der Waals surface area contributed by atoms with Crippen molar-refractivity contribution in [2.75, 3.05) is 45.8 Å². The Morgan fingerprint density at radius 1 is 1.14 bits per heavy atom. The molecule has 0 aromatic carbocycles. The molecule has 6 nitrogen and oxygen atoms in total. The highest BCUT2D eigenvalue weighted by atomic mass is 16.3. The van der Waals surface area contributed by atoms with Gasteiger partial charge in [-0.15, -0.1) is 0 Å². The predicted molar refractivity (Wildman–Crippen MR) is 84.3 cm³/mol. The third-order valence-corrected chi connectivity index (χ3v) is 4.84. The summed E-state index contributed by atoms with van der Waals surface area (Å²) < 4.78 is 0. The van der Waals surface area contributed by atoms with Crippen LogP contribution < -0.4 is 0 Å². The molecule has 2 saturated heterocycles. The fraction of sp³-hybridized carbons (Fsp3) is 0.875. The Bertz CT molecular complexity index is 394. The van der Waals surface area contributed by atoms with Gasteiger partial charge in [0.15, 0.2) is 0 Å². The number of rotatable bonds is 4. The van der Waals surface area contributed by atoms with Crippen LogP contribution in [0.25, 0.3) is 0 Å². The van der Waals surface area contributed by atoms with Gasteiger partial charge in [0.25, 0.3) is 0 Å². The van der Waals surface area contributed by atoms with Gasteiger partial charge in [-0.25, -0.2) is 0 Å². The van der Waals surface area contributed by atoms with Crippen molar-refractivity contribution in [1.82, 2.24) is 14.7 Å². The number of nitrogens with zero attached hydrogens (tertiary/aromatic N) is 3. The third kappa shape index (κ3) is 4.43. The lowest BCUT2D eigenvalue weighted by Crippen LogP contribution is -2.53. The van der Waals surface area contributed by atoms with Crippen LogP contribution in [0.1, 0.15) is 33.1 Å². The van der Waals surface area contributed by atoms with Gasteiger partial charge < -0.3 is 14.9 Å². The van der Waals surface area contributed by atoms with Crippen LogP contribution in [0.4, 0.5) is 0 Å². The number of likely N-dealkylation sites (tertiary alicyclic amines) is 1. The third-order valence-electron chi connectivity index (χ3n) is 4.84. The molecule has 2 fully saturated rings. The molecule has 2 amide bonds.